The summed E-state index contributed by atoms with van der Waals surface area (Å²) < 4.78 is 0. The first-order valence-electron chi connectivity index (χ1n) is 10.2. The van der Waals surface area contributed by atoms with Gasteiger partial charge in [-0.15, -0.1) is 0 Å². The maximum Gasteiger partial charge on any atom is 0.237 e. The van der Waals surface area contributed by atoms with Crippen molar-refractivity contribution < 1.29 is 4.79 Å². The number of carbonyl (C=O) groups is 1. The van der Waals surface area contributed by atoms with Crippen LogP contribution in [0.25, 0.3) is 11.0 Å². The lowest BCUT2D eigenvalue weighted by molar-refractivity contribution is -0.133. The molecule has 5 heteroatoms. The van der Waals surface area contributed by atoms with Gasteiger partial charge in [0, 0.05) is 13.1 Å². The monoisotopic (exact) mass is 374 g/mol. The number of carbonyl (C=O) groups excluding carboxylic acids is 1. The zero-order valence-electron chi connectivity index (χ0n) is 16.3. The van der Waals surface area contributed by atoms with Crippen LogP contribution in [0, 0.1) is 6.92 Å². The number of hydrogen-bond donors (Lipinski definition) is 1. The molecule has 2 aliphatic rings. The molecule has 0 aliphatic carbocycles. The first-order valence-corrected chi connectivity index (χ1v) is 10.2. The van der Waals surface area contributed by atoms with Gasteiger partial charge in [0.1, 0.15) is 5.82 Å². The van der Waals surface area contributed by atoms with Crippen molar-refractivity contribution in [2.24, 2.45) is 0 Å². The molecule has 1 atom stereocenters. The average Bonchev–Trinajstić information content (AvgIpc) is 3.33. The number of nitrogens with zero attached hydrogens (tertiary/aromatic N) is 3. The molecule has 1 amide bonds. The lowest BCUT2D eigenvalue weighted by Crippen LogP contribution is -2.42. The van der Waals surface area contributed by atoms with E-state index in [9.17, 15) is 4.79 Å². The molecule has 144 valence electrons. The van der Waals surface area contributed by atoms with Gasteiger partial charge in [-0.3, -0.25) is 9.69 Å². The van der Waals surface area contributed by atoms with Gasteiger partial charge in [0.25, 0.3) is 0 Å². The van der Waals surface area contributed by atoms with Crippen molar-refractivity contribution >= 4 is 16.9 Å². The Kier molecular flexibility index (Phi) is 4.40. The van der Waals surface area contributed by atoms with Crippen molar-refractivity contribution in [3.63, 3.8) is 0 Å². The molecule has 1 unspecified atom stereocenters. The van der Waals surface area contributed by atoms with Gasteiger partial charge >= 0.3 is 0 Å². The van der Waals surface area contributed by atoms with Crippen LogP contribution in [0.1, 0.15) is 41.4 Å². The van der Waals surface area contributed by atoms with Gasteiger partial charge in [-0.25, -0.2) is 4.98 Å². The minimum atomic E-state index is 0.203. The fourth-order valence-corrected chi connectivity index (χ4v) is 4.61. The van der Waals surface area contributed by atoms with Crippen molar-refractivity contribution in [3.8, 4) is 0 Å². The second-order valence-corrected chi connectivity index (χ2v) is 8.11. The summed E-state index contributed by atoms with van der Waals surface area (Å²) >= 11 is 0. The molecule has 1 saturated heterocycles. The van der Waals surface area contributed by atoms with Crippen LogP contribution in [0.15, 0.2) is 42.5 Å². The number of fused-ring (bicyclic) bond motifs is 2. The lowest BCUT2D eigenvalue weighted by atomic mass is 10.00. The summed E-state index contributed by atoms with van der Waals surface area (Å²) in [6.45, 7) is 5.08. The number of benzene rings is 2. The first kappa shape index (κ1) is 17.4. The fourth-order valence-electron chi connectivity index (χ4n) is 4.61. The Hall–Kier alpha value is -2.66. The highest BCUT2D eigenvalue weighted by molar-refractivity contribution is 5.79. The topological polar surface area (TPSA) is 52.2 Å². The van der Waals surface area contributed by atoms with E-state index in [1.165, 1.54) is 16.7 Å². The molecule has 0 saturated carbocycles. The number of aromatic amines is 1. The normalized spacial score (nSPS) is 19.9. The van der Waals surface area contributed by atoms with E-state index in [1.54, 1.807) is 0 Å². The molecule has 5 rings (SSSR count). The zero-order valence-corrected chi connectivity index (χ0v) is 16.3. The number of aromatic nitrogens is 2. The molecule has 2 aromatic carbocycles. The van der Waals surface area contributed by atoms with Crippen molar-refractivity contribution in [1.29, 1.82) is 0 Å². The largest absolute Gasteiger partial charge is 0.341 e. The van der Waals surface area contributed by atoms with E-state index in [2.05, 4.69) is 59.3 Å². The number of hydrogen-bond acceptors (Lipinski definition) is 3. The Morgan fingerprint density at radius 3 is 2.93 bits per heavy atom. The molecule has 2 aliphatic heterocycles. The molecule has 3 aromatic rings. The van der Waals surface area contributed by atoms with Crippen LogP contribution in [0.5, 0.6) is 0 Å². The maximum atomic E-state index is 13.0. The van der Waals surface area contributed by atoms with Gasteiger partial charge in [-0.1, -0.05) is 30.3 Å². The van der Waals surface area contributed by atoms with Gasteiger partial charge in [0.05, 0.1) is 23.6 Å². The van der Waals surface area contributed by atoms with Crippen LogP contribution in [0.2, 0.25) is 0 Å². The van der Waals surface area contributed by atoms with Gasteiger partial charge in [0.15, 0.2) is 0 Å². The van der Waals surface area contributed by atoms with Crippen LogP contribution >= 0.6 is 0 Å². The highest BCUT2D eigenvalue weighted by Crippen LogP contribution is 2.31. The quantitative estimate of drug-likeness (QED) is 0.762. The standard InChI is InChI=1S/C23H26N4O/c1-16-8-9-19-20(13-16)25-23(24-19)21-7-4-11-26(21)15-22(28)27-12-10-17-5-2-3-6-18(17)14-27/h2-3,5-6,8-9,13,21H,4,7,10-12,14-15H2,1H3,(H,24,25). The number of rotatable bonds is 3. The van der Waals surface area contributed by atoms with Gasteiger partial charge < -0.3 is 9.88 Å². The summed E-state index contributed by atoms with van der Waals surface area (Å²) in [6, 6.07) is 15.0. The molecule has 28 heavy (non-hydrogen) atoms. The first-order chi connectivity index (χ1) is 13.7. The van der Waals surface area contributed by atoms with Crippen molar-refractivity contribution in [2.45, 2.75) is 38.8 Å². The predicted molar refractivity (Wildman–Crippen MR) is 110 cm³/mol. The third kappa shape index (κ3) is 3.20. The second-order valence-electron chi connectivity index (χ2n) is 8.11. The Morgan fingerprint density at radius 1 is 1.18 bits per heavy atom. The summed E-state index contributed by atoms with van der Waals surface area (Å²) in [5, 5.41) is 0. The molecule has 0 bridgehead atoms. The van der Waals surface area contributed by atoms with E-state index in [0.29, 0.717) is 6.54 Å². The Bertz CT molecular complexity index is 1020. The summed E-state index contributed by atoms with van der Waals surface area (Å²) in [5.41, 5.74) is 5.98. The minimum Gasteiger partial charge on any atom is -0.341 e. The third-order valence-corrected chi connectivity index (χ3v) is 6.16. The minimum absolute atomic E-state index is 0.203. The lowest BCUT2D eigenvalue weighted by Gasteiger charge is -2.31. The number of imidazole rings is 1. The van der Waals surface area contributed by atoms with Crippen molar-refractivity contribution in [3.05, 3.63) is 65.0 Å². The molecule has 5 nitrogen and oxygen atoms in total. The summed E-state index contributed by atoms with van der Waals surface area (Å²) in [6.07, 6.45) is 3.11. The second kappa shape index (κ2) is 7.06. The molecular weight excluding hydrogens is 348 g/mol. The number of amides is 1. The van der Waals surface area contributed by atoms with Crippen LogP contribution < -0.4 is 0 Å². The van der Waals surface area contributed by atoms with E-state index in [4.69, 9.17) is 4.98 Å². The average molecular weight is 374 g/mol. The van der Waals surface area contributed by atoms with Gasteiger partial charge in [-0.2, -0.15) is 0 Å². The molecule has 1 fully saturated rings. The molecule has 3 heterocycles. The zero-order chi connectivity index (χ0) is 19.1. The molecule has 1 aromatic heterocycles. The van der Waals surface area contributed by atoms with Crippen LogP contribution in [-0.2, 0) is 17.8 Å². The predicted octanol–water partition coefficient (Wildman–Crippen LogP) is 3.59. The van der Waals surface area contributed by atoms with Crippen molar-refractivity contribution in [1.82, 2.24) is 19.8 Å². The van der Waals surface area contributed by atoms with E-state index < -0.39 is 0 Å². The Labute approximate surface area is 165 Å². The molecule has 1 N–H and O–H groups in total. The van der Waals surface area contributed by atoms with Gasteiger partial charge in [-0.05, 0) is 61.6 Å². The SMILES string of the molecule is Cc1ccc2nc(C3CCCN3CC(=O)N3CCc4ccccc4C3)[nH]c2c1. The maximum absolute atomic E-state index is 13.0. The van der Waals surface area contributed by atoms with E-state index >= 15 is 0 Å². The van der Waals surface area contributed by atoms with Crippen LogP contribution in [0.4, 0.5) is 0 Å². The number of aryl methyl sites for hydroxylation is 1. The number of nitrogens with one attached hydrogen (secondary N) is 1. The highest BCUT2D eigenvalue weighted by atomic mass is 16.2. The smallest absolute Gasteiger partial charge is 0.237 e. The Balaban J connectivity index is 1.31. The van der Waals surface area contributed by atoms with E-state index in [-0.39, 0.29) is 11.9 Å². The summed E-state index contributed by atoms with van der Waals surface area (Å²) in [4.78, 5) is 25.6. The molecule has 0 spiro atoms. The molecule has 0 radical (unpaired) electrons. The molecular formula is C23H26N4O. The third-order valence-electron chi connectivity index (χ3n) is 6.16. The Morgan fingerprint density at radius 2 is 2.04 bits per heavy atom. The van der Waals surface area contributed by atoms with Crippen molar-refractivity contribution in [2.75, 3.05) is 19.6 Å². The summed E-state index contributed by atoms with van der Waals surface area (Å²) in [7, 11) is 0. The number of likely N-dealkylation sites (tertiary alicyclic amines) is 1. The summed E-state index contributed by atoms with van der Waals surface area (Å²) in [5.74, 6) is 1.23. The van der Waals surface area contributed by atoms with E-state index in [0.717, 1.165) is 55.8 Å². The van der Waals surface area contributed by atoms with Crippen LogP contribution in [0.3, 0.4) is 0 Å². The highest BCUT2D eigenvalue weighted by Gasteiger charge is 2.31. The van der Waals surface area contributed by atoms with Crippen LogP contribution in [-0.4, -0.2) is 45.3 Å². The fraction of sp³-hybridized carbons (Fsp3) is 0.391. The number of H-pyrrole nitrogens is 1. The van der Waals surface area contributed by atoms with E-state index in [1.807, 2.05) is 4.90 Å². The van der Waals surface area contributed by atoms with Gasteiger partial charge in [0.2, 0.25) is 5.91 Å².